The molecule has 2 atom stereocenters. The fourth-order valence-electron chi connectivity index (χ4n) is 7.16. The number of hydrogen-bond acceptors (Lipinski definition) is 7. The van der Waals surface area contributed by atoms with Crippen molar-refractivity contribution in [3.05, 3.63) is 65.3 Å². The number of likely N-dealkylation sites (tertiary alicyclic amines) is 1. The lowest BCUT2D eigenvalue weighted by Gasteiger charge is -2.38. The van der Waals surface area contributed by atoms with E-state index in [2.05, 4.69) is 59.6 Å². The van der Waals surface area contributed by atoms with Crippen molar-refractivity contribution < 1.29 is 9.53 Å². The molecule has 214 valence electrons. The predicted molar refractivity (Wildman–Crippen MR) is 163 cm³/mol. The van der Waals surface area contributed by atoms with Gasteiger partial charge in [0, 0.05) is 48.2 Å². The first kappa shape index (κ1) is 26.5. The molecule has 2 unspecified atom stereocenters. The third-order valence-corrected chi connectivity index (χ3v) is 9.60. The van der Waals surface area contributed by atoms with Gasteiger partial charge in [0.05, 0.1) is 36.0 Å². The van der Waals surface area contributed by atoms with Crippen molar-refractivity contribution in [1.29, 1.82) is 0 Å². The normalized spacial score (nSPS) is 22.4. The summed E-state index contributed by atoms with van der Waals surface area (Å²) in [7, 11) is 4.23. The standard InChI is InChI=1S/C32H37ClN6O2/c1-4-28(40)38-16-23-15-22(38)17-39(23)30-24-11-14-37(27-10-6-8-21-7-5-9-25(33)29(21)27)18-26(24)34-31(35-30)41-20-32(12-13-32)19-36(2)3/h4-10,22-23H,1,11-20H2,2-3H3. The summed E-state index contributed by atoms with van der Waals surface area (Å²) in [6, 6.07) is 13.3. The van der Waals surface area contributed by atoms with E-state index in [1.54, 1.807) is 0 Å². The van der Waals surface area contributed by atoms with Crippen molar-refractivity contribution >= 4 is 39.8 Å². The van der Waals surface area contributed by atoms with Gasteiger partial charge in [-0.15, -0.1) is 0 Å². The van der Waals surface area contributed by atoms with Crippen LogP contribution in [0.15, 0.2) is 49.1 Å². The second-order valence-corrected chi connectivity index (χ2v) is 12.9. The molecule has 0 radical (unpaired) electrons. The number of fused-ring (bicyclic) bond motifs is 4. The van der Waals surface area contributed by atoms with E-state index in [1.165, 1.54) is 24.5 Å². The van der Waals surface area contributed by atoms with Gasteiger partial charge in [-0.1, -0.05) is 42.4 Å². The van der Waals surface area contributed by atoms with Crippen LogP contribution in [0.25, 0.3) is 10.8 Å². The molecule has 0 N–H and O–H groups in total. The van der Waals surface area contributed by atoms with Gasteiger partial charge in [-0.3, -0.25) is 4.79 Å². The van der Waals surface area contributed by atoms with Crippen LogP contribution in [0.3, 0.4) is 0 Å². The highest BCUT2D eigenvalue weighted by Crippen LogP contribution is 2.46. The molecule has 41 heavy (non-hydrogen) atoms. The molecular weight excluding hydrogens is 536 g/mol. The molecule has 7 rings (SSSR count). The van der Waals surface area contributed by atoms with Crippen LogP contribution in [0.5, 0.6) is 6.01 Å². The van der Waals surface area contributed by atoms with E-state index in [9.17, 15) is 4.79 Å². The summed E-state index contributed by atoms with van der Waals surface area (Å²) < 4.78 is 6.39. The van der Waals surface area contributed by atoms with Crippen LogP contribution < -0.4 is 14.5 Å². The Morgan fingerprint density at radius 2 is 1.98 bits per heavy atom. The number of piperazine rings is 1. The Bertz CT molecular complexity index is 1520. The number of anilines is 2. The summed E-state index contributed by atoms with van der Waals surface area (Å²) in [6.45, 7) is 8.32. The van der Waals surface area contributed by atoms with Crippen LogP contribution in [0.4, 0.5) is 11.5 Å². The smallest absolute Gasteiger partial charge is 0.318 e. The minimum absolute atomic E-state index is 0.0194. The highest BCUT2D eigenvalue weighted by atomic mass is 35.5. The van der Waals surface area contributed by atoms with Gasteiger partial charge >= 0.3 is 6.01 Å². The first-order chi connectivity index (χ1) is 19.8. The maximum absolute atomic E-state index is 12.4. The van der Waals surface area contributed by atoms with E-state index in [0.29, 0.717) is 25.7 Å². The van der Waals surface area contributed by atoms with E-state index in [1.807, 2.05) is 17.0 Å². The zero-order chi connectivity index (χ0) is 28.3. The molecular formula is C32H37ClN6O2. The molecule has 3 aliphatic heterocycles. The second kappa shape index (κ2) is 10.2. The summed E-state index contributed by atoms with van der Waals surface area (Å²) in [5.41, 5.74) is 3.53. The highest BCUT2D eigenvalue weighted by molar-refractivity contribution is 6.36. The van der Waals surface area contributed by atoms with E-state index < -0.39 is 0 Å². The summed E-state index contributed by atoms with van der Waals surface area (Å²) >= 11 is 6.71. The average molecular weight is 573 g/mol. The molecule has 2 bridgehead atoms. The number of nitrogens with zero attached hydrogens (tertiary/aromatic N) is 6. The lowest BCUT2D eigenvalue weighted by atomic mass is 10.0. The number of benzene rings is 2. The van der Waals surface area contributed by atoms with Crippen LogP contribution in [0, 0.1) is 5.41 Å². The monoisotopic (exact) mass is 572 g/mol. The Labute approximate surface area is 246 Å². The fraction of sp³-hybridized carbons (Fsp3) is 0.469. The van der Waals surface area contributed by atoms with Crippen LogP contribution in [-0.2, 0) is 17.8 Å². The molecule has 2 aromatic carbocycles. The van der Waals surface area contributed by atoms with Gasteiger partial charge in [0.15, 0.2) is 0 Å². The Balaban J connectivity index is 1.22. The van der Waals surface area contributed by atoms with Gasteiger partial charge in [-0.2, -0.15) is 9.97 Å². The summed E-state index contributed by atoms with van der Waals surface area (Å²) in [5.74, 6) is 1.00. The van der Waals surface area contributed by atoms with Gasteiger partial charge in [-0.05, 0) is 63.4 Å². The maximum atomic E-state index is 12.4. The van der Waals surface area contributed by atoms with Crippen molar-refractivity contribution in [2.24, 2.45) is 5.41 Å². The quantitative estimate of drug-likeness (QED) is 0.367. The maximum Gasteiger partial charge on any atom is 0.318 e. The number of aromatic nitrogens is 2. The molecule has 4 aliphatic rings. The lowest BCUT2D eigenvalue weighted by Crippen LogP contribution is -2.49. The number of ether oxygens (including phenoxy) is 1. The number of halogens is 1. The predicted octanol–water partition coefficient (Wildman–Crippen LogP) is 4.54. The average Bonchev–Trinajstić information content (AvgIpc) is 3.41. The first-order valence-electron chi connectivity index (χ1n) is 14.6. The molecule has 1 aliphatic carbocycles. The molecule has 0 spiro atoms. The highest BCUT2D eigenvalue weighted by Gasteiger charge is 2.47. The molecule has 2 saturated heterocycles. The van der Waals surface area contributed by atoms with Crippen molar-refractivity contribution in [3.8, 4) is 6.01 Å². The Morgan fingerprint density at radius 3 is 2.68 bits per heavy atom. The van der Waals surface area contributed by atoms with Gasteiger partial charge in [0.2, 0.25) is 5.91 Å². The molecule has 3 aromatic rings. The minimum atomic E-state index is 0.0194. The third-order valence-electron chi connectivity index (χ3n) is 9.28. The van der Waals surface area contributed by atoms with Gasteiger partial charge in [-0.25, -0.2) is 0 Å². The van der Waals surface area contributed by atoms with E-state index in [0.717, 1.165) is 65.5 Å². The molecule has 4 heterocycles. The van der Waals surface area contributed by atoms with E-state index in [-0.39, 0.29) is 23.4 Å². The van der Waals surface area contributed by atoms with Gasteiger partial charge in [0.1, 0.15) is 5.82 Å². The second-order valence-electron chi connectivity index (χ2n) is 12.5. The van der Waals surface area contributed by atoms with E-state index in [4.69, 9.17) is 26.3 Å². The summed E-state index contributed by atoms with van der Waals surface area (Å²) in [4.78, 5) is 31.5. The van der Waals surface area contributed by atoms with Crippen LogP contribution >= 0.6 is 11.6 Å². The Hall–Kier alpha value is -3.36. The third kappa shape index (κ3) is 4.81. The van der Waals surface area contributed by atoms with Gasteiger partial charge < -0.3 is 24.3 Å². The van der Waals surface area contributed by atoms with E-state index >= 15 is 0 Å². The number of amides is 1. The number of rotatable bonds is 8. The van der Waals surface area contributed by atoms with Crippen molar-refractivity contribution in [2.45, 2.75) is 44.3 Å². The summed E-state index contributed by atoms with van der Waals surface area (Å²) in [5, 5.41) is 2.98. The largest absolute Gasteiger partial charge is 0.463 e. The van der Waals surface area contributed by atoms with Crippen molar-refractivity contribution in [1.82, 2.24) is 19.8 Å². The molecule has 1 aromatic heterocycles. The molecule has 3 fully saturated rings. The molecule has 9 heteroatoms. The number of carbonyl (C=O) groups is 1. The molecule has 1 amide bonds. The Morgan fingerprint density at radius 1 is 1.17 bits per heavy atom. The molecule has 1 saturated carbocycles. The van der Waals surface area contributed by atoms with Crippen molar-refractivity contribution in [3.63, 3.8) is 0 Å². The van der Waals surface area contributed by atoms with Crippen LogP contribution in [0.2, 0.25) is 5.02 Å². The first-order valence-corrected chi connectivity index (χ1v) is 15.0. The topological polar surface area (TPSA) is 65.0 Å². The SMILES string of the molecule is C=CC(=O)N1CC2CC1CN2c1nc(OCC2(CN(C)C)CC2)nc2c1CCN(c1cccc3cccc(Cl)c13)C2. The Kier molecular flexibility index (Phi) is 6.58. The van der Waals surface area contributed by atoms with Crippen molar-refractivity contribution in [2.75, 3.05) is 56.7 Å². The fourth-order valence-corrected chi connectivity index (χ4v) is 7.44. The van der Waals surface area contributed by atoms with Gasteiger partial charge in [0.25, 0.3) is 0 Å². The number of hydrogen-bond donors (Lipinski definition) is 0. The zero-order valence-electron chi connectivity index (χ0n) is 23.9. The summed E-state index contributed by atoms with van der Waals surface area (Å²) in [6.07, 6.45) is 5.56. The van der Waals surface area contributed by atoms with Crippen LogP contribution in [-0.4, -0.2) is 84.6 Å². The lowest BCUT2D eigenvalue weighted by molar-refractivity contribution is -0.127. The van der Waals surface area contributed by atoms with Crippen LogP contribution in [0.1, 0.15) is 30.5 Å². The molecule has 8 nitrogen and oxygen atoms in total. The minimum Gasteiger partial charge on any atom is -0.463 e. The number of carbonyl (C=O) groups excluding carboxylic acids is 1. The zero-order valence-corrected chi connectivity index (χ0v) is 24.6.